The van der Waals surface area contributed by atoms with Crippen LogP contribution in [0, 0.1) is 5.92 Å². The maximum Gasteiger partial charge on any atom is 0.244 e. The van der Waals surface area contributed by atoms with Gasteiger partial charge in [-0.25, -0.2) is 0 Å². The first-order chi connectivity index (χ1) is 7.59. The molecule has 1 saturated carbocycles. The number of hydrogen-bond donors (Lipinski definition) is 2. The van der Waals surface area contributed by atoms with Crippen LogP contribution in [0.5, 0.6) is 0 Å². The van der Waals surface area contributed by atoms with E-state index in [1.54, 1.807) is 0 Å². The largest absolute Gasteiger partial charge is 0.393 e. The van der Waals surface area contributed by atoms with Crippen molar-refractivity contribution in [1.29, 1.82) is 0 Å². The van der Waals surface area contributed by atoms with Crippen LogP contribution >= 0.6 is 0 Å². The highest BCUT2D eigenvalue weighted by atomic mass is 16.3. The first kappa shape index (κ1) is 13.2. The Morgan fingerprint density at radius 3 is 2.56 bits per heavy atom. The van der Waals surface area contributed by atoms with Crippen molar-refractivity contribution in [2.75, 3.05) is 0 Å². The first-order valence-electron chi connectivity index (χ1n) is 6.25. The number of rotatable bonds is 6. The zero-order valence-electron chi connectivity index (χ0n) is 9.95. The van der Waals surface area contributed by atoms with Crippen LogP contribution in [0.3, 0.4) is 0 Å². The molecule has 1 fully saturated rings. The molecule has 16 heavy (non-hydrogen) atoms. The van der Waals surface area contributed by atoms with Gasteiger partial charge in [-0.3, -0.25) is 4.79 Å². The quantitative estimate of drug-likeness (QED) is 0.680. The summed E-state index contributed by atoms with van der Waals surface area (Å²) in [4.78, 5) is 10.8. The summed E-state index contributed by atoms with van der Waals surface area (Å²) in [7, 11) is 0. The van der Waals surface area contributed by atoms with Crippen molar-refractivity contribution in [2.45, 2.75) is 57.5 Å². The van der Waals surface area contributed by atoms with Crippen LogP contribution in [0.4, 0.5) is 0 Å². The summed E-state index contributed by atoms with van der Waals surface area (Å²) in [6.45, 7) is 3.55. The summed E-state index contributed by atoms with van der Waals surface area (Å²) in [6.07, 6.45) is 8.29. The monoisotopic (exact) mass is 225 g/mol. The van der Waals surface area contributed by atoms with E-state index in [0.717, 1.165) is 18.8 Å². The minimum Gasteiger partial charge on any atom is -0.393 e. The topological polar surface area (TPSA) is 63.3 Å². The fourth-order valence-electron chi connectivity index (χ4n) is 2.39. The molecule has 0 radical (unpaired) electrons. The lowest BCUT2D eigenvalue weighted by atomic mass is 9.85. The van der Waals surface area contributed by atoms with Crippen molar-refractivity contribution in [3.8, 4) is 0 Å². The van der Waals surface area contributed by atoms with Gasteiger partial charge in [0.25, 0.3) is 0 Å². The molecular formula is C13H23NO2. The van der Waals surface area contributed by atoms with E-state index in [1.165, 1.54) is 32.1 Å². The van der Waals surface area contributed by atoms with Crippen molar-refractivity contribution >= 4 is 5.91 Å². The van der Waals surface area contributed by atoms with Crippen LogP contribution < -0.4 is 5.73 Å². The molecule has 3 N–H and O–H groups in total. The molecule has 0 aromatic carbocycles. The Bertz CT molecular complexity index is 244. The molecule has 0 aromatic heterocycles. The van der Waals surface area contributed by atoms with Gasteiger partial charge in [-0.05, 0) is 18.8 Å². The van der Waals surface area contributed by atoms with E-state index in [4.69, 9.17) is 5.73 Å². The van der Waals surface area contributed by atoms with Crippen LogP contribution in [-0.4, -0.2) is 17.1 Å². The molecule has 0 saturated heterocycles. The minimum absolute atomic E-state index is 0.321. The van der Waals surface area contributed by atoms with Gasteiger partial charge in [0.15, 0.2) is 0 Å². The molecule has 1 unspecified atom stereocenters. The van der Waals surface area contributed by atoms with Gasteiger partial charge in [-0.15, -0.1) is 0 Å². The Labute approximate surface area is 97.7 Å². The highest BCUT2D eigenvalue weighted by Gasteiger charge is 2.16. The summed E-state index contributed by atoms with van der Waals surface area (Å²) < 4.78 is 0. The van der Waals surface area contributed by atoms with Crippen molar-refractivity contribution in [1.82, 2.24) is 0 Å². The van der Waals surface area contributed by atoms with Crippen LogP contribution in [0.25, 0.3) is 0 Å². The zero-order chi connectivity index (χ0) is 12.0. The molecule has 1 aliphatic rings. The average molecular weight is 225 g/mol. The molecule has 1 rings (SSSR count). The van der Waals surface area contributed by atoms with Gasteiger partial charge >= 0.3 is 0 Å². The van der Waals surface area contributed by atoms with Gasteiger partial charge in [0.1, 0.15) is 0 Å². The fourth-order valence-corrected chi connectivity index (χ4v) is 2.39. The van der Waals surface area contributed by atoms with Crippen molar-refractivity contribution < 1.29 is 9.90 Å². The number of amides is 1. The third kappa shape index (κ3) is 4.79. The number of aliphatic hydroxyl groups excluding tert-OH is 1. The summed E-state index contributed by atoms with van der Waals surface area (Å²) in [5.41, 5.74) is 5.40. The Balaban J connectivity index is 2.16. The van der Waals surface area contributed by atoms with Gasteiger partial charge < -0.3 is 10.8 Å². The maximum atomic E-state index is 10.8. The zero-order valence-corrected chi connectivity index (χ0v) is 9.95. The number of nitrogens with two attached hydrogens (primary N) is 1. The molecule has 0 spiro atoms. The Kier molecular flexibility index (Phi) is 5.53. The third-order valence-corrected chi connectivity index (χ3v) is 3.46. The van der Waals surface area contributed by atoms with Crippen molar-refractivity contribution in [2.24, 2.45) is 11.7 Å². The molecule has 0 aromatic rings. The van der Waals surface area contributed by atoms with Crippen molar-refractivity contribution in [3.63, 3.8) is 0 Å². The molecule has 0 bridgehead atoms. The molecule has 1 aliphatic carbocycles. The highest BCUT2D eigenvalue weighted by Crippen LogP contribution is 2.28. The summed E-state index contributed by atoms with van der Waals surface area (Å²) >= 11 is 0. The molecule has 3 nitrogen and oxygen atoms in total. The second-order valence-corrected chi connectivity index (χ2v) is 4.91. The lowest BCUT2D eigenvalue weighted by Crippen LogP contribution is -2.19. The average Bonchev–Trinajstić information content (AvgIpc) is 2.27. The highest BCUT2D eigenvalue weighted by molar-refractivity contribution is 5.91. The van der Waals surface area contributed by atoms with E-state index in [2.05, 4.69) is 6.58 Å². The lowest BCUT2D eigenvalue weighted by Gasteiger charge is -2.22. The van der Waals surface area contributed by atoms with E-state index in [9.17, 15) is 9.90 Å². The molecule has 92 valence electrons. The molecule has 3 heteroatoms. The van der Waals surface area contributed by atoms with Crippen LogP contribution in [-0.2, 0) is 4.79 Å². The minimum atomic E-state index is -0.503. The van der Waals surface area contributed by atoms with E-state index >= 15 is 0 Å². The normalized spacial score (nSPS) is 19.3. The lowest BCUT2D eigenvalue weighted by molar-refractivity contribution is -0.114. The van der Waals surface area contributed by atoms with E-state index in [1.807, 2.05) is 0 Å². The van der Waals surface area contributed by atoms with Crippen LogP contribution in [0.1, 0.15) is 51.4 Å². The second-order valence-electron chi connectivity index (χ2n) is 4.91. The summed E-state index contributed by atoms with van der Waals surface area (Å²) in [5.74, 6) is 0.266. The number of carbonyl (C=O) groups excluding carboxylic acids is 1. The molecule has 0 aliphatic heterocycles. The molecule has 0 heterocycles. The van der Waals surface area contributed by atoms with Crippen LogP contribution in [0.2, 0.25) is 0 Å². The Morgan fingerprint density at radius 2 is 2.00 bits per heavy atom. The fraction of sp³-hybridized carbons (Fsp3) is 0.769. The third-order valence-electron chi connectivity index (χ3n) is 3.46. The number of primary amides is 1. The van der Waals surface area contributed by atoms with Gasteiger partial charge in [-0.1, -0.05) is 38.7 Å². The standard InChI is InChI=1S/C13H23NO2/c1-10(13(14)16)9-12(15)8-7-11-5-3-2-4-6-11/h11-12,15H,1-9H2,(H2,14,16). The van der Waals surface area contributed by atoms with E-state index in [0.29, 0.717) is 12.0 Å². The second kappa shape index (κ2) is 6.69. The van der Waals surface area contributed by atoms with Gasteiger partial charge in [-0.2, -0.15) is 0 Å². The predicted octanol–water partition coefficient (Wildman–Crippen LogP) is 2.14. The van der Waals surface area contributed by atoms with E-state index < -0.39 is 12.0 Å². The Hall–Kier alpha value is -0.830. The van der Waals surface area contributed by atoms with E-state index in [-0.39, 0.29) is 0 Å². The molecular weight excluding hydrogens is 202 g/mol. The number of carbonyl (C=O) groups is 1. The van der Waals surface area contributed by atoms with Gasteiger partial charge in [0.2, 0.25) is 5.91 Å². The first-order valence-corrected chi connectivity index (χ1v) is 6.25. The predicted molar refractivity (Wildman–Crippen MR) is 64.8 cm³/mol. The van der Waals surface area contributed by atoms with Gasteiger partial charge in [0, 0.05) is 12.0 Å². The Morgan fingerprint density at radius 1 is 1.38 bits per heavy atom. The smallest absolute Gasteiger partial charge is 0.244 e. The maximum absolute atomic E-state index is 10.8. The molecule has 1 amide bonds. The van der Waals surface area contributed by atoms with Gasteiger partial charge in [0.05, 0.1) is 6.10 Å². The molecule has 1 atom stereocenters. The summed E-state index contributed by atoms with van der Waals surface area (Å²) in [6, 6.07) is 0. The number of aliphatic hydroxyl groups is 1. The number of hydrogen-bond acceptors (Lipinski definition) is 2. The summed E-state index contributed by atoms with van der Waals surface area (Å²) in [5, 5.41) is 9.73. The SMILES string of the molecule is C=C(CC(O)CCC1CCCCC1)C(N)=O. The van der Waals surface area contributed by atoms with Crippen LogP contribution in [0.15, 0.2) is 12.2 Å². The van der Waals surface area contributed by atoms with Crippen molar-refractivity contribution in [3.05, 3.63) is 12.2 Å².